The van der Waals surface area contributed by atoms with Crippen molar-refractivity contribution in [2.75, 3.05) is 11.4 Å². The Morgan fingerprint density at radius 3 is 2.44 bits per heavy atom. The number of hydrogen-bond donors (Lipinski definition) is 0. The number of para-hydroxylation sites is 1. The van der Waals surface area contributed by atoms with Crippen molar-refractivity contribution in [2.24, 2.45) is 0 Å². The van der Waals surface area contributed by atoms with Crippen LogP contribution in [-0.2, 0) is 0 Å². The van der Waals surface area contributed by atoms with E-state index in [4.69, 9.17) is 0 Å². The Morgan fingerprint density at radius 1 is 1.17 bits per heavy atom. The zero-order chi connectivity index (χ0) is 13.0. The van der Waals surface area contributed by atoms with Gasteiger partial charge in [-0.25, -0.2) is 4.39 Å². The lowest BCUT2D eigenvalue weighted by molar-refractivity contribution is 0.112. The van der Waals surface area contributed by atoms with Gasteiger partial charge < -0.3 is 4.90 Å². The molecule has 0 heterocycles. The first kappa shape index (κ1) is 12.3. The van der Waals surface area contributed by atoms with Crippen molar-refractivity contribution in [1.82, 2.24) is 0 Å². The summed E-state index contributed by atoms with van der Waals surface area (Å²) in [5.41, 5.74) is 1.76. The summed E-state index contributed by atoms with van der Waals surface area (Å²) < 4.78 is 14.0. The normalized spacial score (nSPS) is 10.1. The Morgan fingerprint density at radius 2 is 1.89 bits per heavy atom. The fourth-order valence-electron chi connectivity index (χ4n) is 1.92. The zero-order valence-corrected chi connectivity index (χ0v) is 10.1. The van der Waals surface area contributed by atoms with Gasteiger partial charge in [-0.15, -0.1) is 0 Å². The van der Waals surface area contributed by atoms with E-state index in [0.717, 1.165) is 5.69 Å². The number of carbonyl (C=O) groups excluding carboxylic acids is 1. The number of rotatable bonds is 4. The van der Waals surface area contributed by atoms with Crippen LogP contribution in [0.5, 0.6) is 0 Å². The molecule has 0 aliphatic heterocycles. The predicted octanol–water partition coefficient (Wildman–Crippen LogP) is 3.80. The van der Waals surface area contributed by atoms with E-state index in [2.05, 4.69) is 0 Å². The lowest BCUT2D eigenvalue weighted by Crippen LogP contribution is -2.17. The van der Waals surface area contributed by atoms with Crippen LogP contribution in [0.2, 0.25) is 0 Å². The molecule has 2 rings (SSSR count). The topological polar surface area (TPSA) is 20.3 Å². The summed E-state index contributed by atoms with van der Waals surface area (Å²) >= 11 is 0. The lowest BCUT2D eigenvalue weighted by Gasteiger charge is -2.23. The number of halogens is 1. The molecule has 0 spiro atoms. The maximum Gasteiger partial charge on any atom is 0.150 e. The van der Waals surface area contributed by atoms with Crippen LogP contribution in [0, 0.1) is 5.82 Å². The summed E-state index contributed by atoms with van der Waals surface area (Å²) in [4.78, 5) is 12.5. The molecule has 0 saturated heterocycles. The number of carbonyl (C=O) groups is 1. The van der Waals surface area contributed by atoms with E-state index < -0.39 is 0 Å². The third-order valence-electron chi connectivity index (χ3n) is 2.78. The molecule has 0 N–H and O–H groups in total. The fraction of sp³-hybridized carbons (Fsp3) is 0.133. The molecule has 0 radical (unpaired) electrons. The van der Waals surface area contributed by atoms with Gasteiger partial charge in [-0.1, -0.05) is 18.2 Å². The second kappa shape index (κ2) is 5.45. The summed E-state index contributed by atoms with van der Waals surface area (Å²) in [6.45, 7) is 2.61. The maximum atomic E-state index is 14.0. The maximum absolute atomic E-state index is 14.0. The van der Waals surface area contributed by atoms with Crippen LogP contribution in [0.4, 0.5) is 15.8 Å². The predicted molar refractivity (Wildman–Crippen MR) is 70.9 cm³/mol. The minimum absolute atomic E-state index is 0.348. The molecule has 18 heavy (non-hydrogen) atoms. The Balaban J connectivity index is 2.42. The van der Waals surface area contributed by atoms with Gasteiger partial charge in [0.1, 0.15) is 12.1 Å². The van der Waals surface area contributed by atoms with E-state index >= 15 is 0 Å². The largest absolute Gasteiger partial charge is 0.339 e. The van der Waals surface area contributed by atoms with E-state index in [1.807, 2.05) is 42.2 Å². The molecule has 0 bridgehead atoms. The third-order valence-corrected chi connectivity index (χ3v) is 2.78. The summed E-state index contributed by atoms with van der Waals surface area (Å²) in [6, 6.07) is 14.1. The van der Waals surface area contributed by atoms with Crippen molar-refractivity contribution in [2.45, 2.75) is 6.92 Å². The minimum Gasteiger partial charge on any atom is -0.339 e. The molecule has 2 nitrogen and oxygen atoms in total. The highest BCUT2D eigenvalue weighted by atomic mass is 19.1. The average Bonchev–Trinajstić information content (AvgIpc) is 2.42. The minimum atomic E-state index is -0.384. The number of hydrogen-bond acceptors (Lipinski definition) is 2. The number of nitrogens with zero attached hydrogens (tertiary/aromatic N) is 1. The molecule has 0 aliphatic rings. The quantitative estimate of drug-likeness (QED) is 0.761. The third kappa shape index (κ3) is 2.40. The lowest BCUT2D eigenvalue weighted by atomic mass is 10.2. The first-order valence-electron chi connectivity index (χ1n) is 5.83. The Hall–Kier alpha value is -2.16. The van der Waals surface area contributed by atoms with Gasteiger partial charge in [0.2, 0.25) is 0 Å². The molecule has 92 valence electrons. The van der Waals surface area contributed by atoms with Crippen molar-refractivity contribution in [1.29, 1.82) is 0 Å². The van der Waals surface area contributed by atoms with Crippen LogP contribution >= 0.6 is 0 Å². The molecule has 0 unspecified atom stereocenters. The molecular weight excluding hydrogens is 229 g/mol. The van der Waals surface area contributed by atoms with Gasteiger partial charge in [0.25, 0.3) is 0 Å². The highest BCUT2D eigenvalue weighted by molar-refractivity contribution is 5.76. The van der Waals surface area contributed by atoms with Gasteiger partial charge in [0, 0.05) is 17.8 Å². The number of benzene rings is 2. The molecule has 0 amide bonds. The van der Waals surface area contributed by atoms with Gasteiger partial charge in [0.15, 0.2) is 0 Å². The van der Waals surface area contributed by atoms with Crippen molar-refractivity contribution < 1.29 is 9.18 Å². The summed E-state index contributed by atoms with van der Waals surface area (Å²) in [5.74, 6) is -0.384. The summed E-state index contributed by atoms with van der Waals surface area (Å²) in [7, 11) is 0. The Labute approximate surface area is 106 Å². The second-order valence-corrected chi connectivity index (χ2v) is 3.91. The van der Waals surface area contributed by atoms with Crippen LogP contribution in [-0.4, -0.2) is 12.8 Å². The van der Waals surface area contributed by atoms with Crippen LogP contribution in [0.1, 0.15) is 17.3 Å². The van der Waals surface area contributed by atoms with Gasteiger partial charge >= 0.3 is 0 Å². The molecule has 0 aromatic heterocycles. The van der Waals surface area contributed by atoms with E-state index in [1.54, 1.807) is 12.1 Å². The molecule has 3 heteroatoms. The number of anilines is 2. The van der Waals surface area contributed by atoms with E-state index in [-0.39, 0.29) is 5.82 Å². The molecule has 2 aromatic rings. The van der Waals surface area contributed by atoms with Gasteiger partial charge in [-0.3, -0.25) is 4.79 Å². The highest BCUT2D eigenvalue weighted by Gasteiger charge is 2.12. The number of aldehydes is 1. The van der Waals surface area contributed by atoms with Crippen LogP contribution in [0.15, 0.2) is 48.5 Å². The zero-order valence-electron chi connectivity index (χ0n) is 10.1. The molecule has 0 aliphatic carbocycles. The first-order valence-corrected chi connectivity index (χ1v) is 5.83. The van der Waals surface area contributed by atoms with Crippen molar-refractivity contribution in [3.63, 3.8) is 0 Å². The van der Waals surface area contributed by atoms with Gasteiger partial charge in [0.05, 0.1) is 5.69 Å². The molecule has 0 fully saturated rings. The fourth-order valence-corrected chi connectivity index (χ4v) is 1.92. The van der Waals surface area contributed by atoms with Crippen molar-refractivity contribution in [3.8, 4) is 0 Å². The smallest absolute Gasteiger partial charge is 0.150 e. The van der Waals surface area contributed by atoms with Crippen LogP contribution in [0.25, 0.3) is 0 Å². The Kier molecular flexibility index (Phi) is 3.72. The van der Waals surface area contributed by atoms with Gasteiger partial charge in [-0.2, -0.15) is 0 Å². The molecule has 0 saturated carbocycles. The summed E-state index contributed by atoms with van der Waals surface area (Å²) in [5, 5.41) is 0. The van der Waals surface area contributed by atoms with E-state index in [9.17, 15) is 9.18 Å². The standard InChI is InChI=1S/C15H14FNO/c1-2-17(13-6-4-3-5-7-13)15-9-8-12(11-18)10-14(15)16/h3-11H,2H2,1H3. The molecular formula is C15H14FNO. The van der Waals surface area contributed by atoms with Gasteiger partial charge in [-0.05, 0) is 37.3 Å². The van der Waals surface area contributed by atoms with Crippen LogP contribution < -0.4 is 4.90 Å². The monoisotopic (exact) mass is 243 g/mol. The molecule has 0 atom stereocenters. The second-order valence-electron chi connectivity index (χ2n) is 3.91. The summed E-state index contributed by atoms with van der Waals surface area (Å²) in [6.07, 6.45) is 0.645. The van der Waals surface area contributed by atoms with Crippen LogP contribution in [0.3, 0.4) is 0 Å². The highest BCUT2D eigenvalue weighted by Crippen LogP contribution is 2.27. The van der Waals surface area contributed by atoms with Crippen molar-refractivity contribution >= 4 is 17.7 Å². The van der Waals surface area contributed by atoms with E-state index in [0.29, 0.717) is 24.1 Å². The molecule has 2 aromatic carbocycles. The van der Waals surface area contributed by atoms with E-state index in [1.165, 1.54) is 6.07 Å². The van der Waals surface area contributed by atoms with Crippen molar-refractivity contribution in [3.05, 3.63) is 59.9 Å². The first-order chi connectivity index (χ1) is 8.76. The Bertz CT molecular complexity index is 539. The average molecular weight is 243 g/mol. The SMILES string of the molecule is CCN(c1ccccc1)c1ccc(C=O)cc1F.